The highest BCUT2D eigenvalue weighted by Crippen LogP contribution is 2.24. The molecule has 0 aliphatic carbocycles. The molecule has 1 aromatic rings. The van der Waals surface area contributed by atoms with Crippen LogP contribution in [0.2, 0.25) is 0 Å². The Morgan fingerprint density at radius 3 is 2.40 bits per heavy atom. The van der Waals surface area contributed by atoms with Gasteiger partial charge in [0.2, 0.25) is 5.96 Å². The number of carbonyl (C=O) groups excluding carboxylic acids is 1. The number of nitrogens with zero attached hydrogens (tertiary/aromatic N) is 1. The van der Waals surface area contributed by atoms with Gasteiger partial charge in [-0.25, -0.2) is 15.2 Å². The normalized spacial score (nSPS) is 9.55. The van der Waals surface area contributed by atoms with E-state index in [1.54, 1.807) is 0 Å². The molecule has 7 heteroatoms. The predicted octanol–water partition coefficient (Wildman–Crippen LogP) is 2.48. The predicted molar refractivity (Wildman–Crippen MR) is 82.3 cm³/mol. The van der Waals surface area contributed by atoms with Crippen LogP contribution >= 0.6 is 12.4 Å². The van der Waals surface area contributed by atoms with E-state index >= 15 is 0 Å². The third-order valence-electron chi connectivity index (χ3n) is 2.57. The minimum absolute atomic E-state index is 0. The summed E-state index contributed by atoms with van der Waals surface area (Å²) in [5.41, 5.74) is 10.1. The SMILES string of the molecule is CCCONC(=O)N(C(=N)N)c1c(C)cccc1C.Cl. The summed E-state index contributed by atoms with van der Waals surface area (Å²) in [6, 6.07) is 5.04. The van der Waals surface area contributed by atoms with E-state index in [2.05, 4.69) is 5.48 Å². The average Bonchev–Trinajstić information content (AvgIpc) is 2.33. The van der Waals surface area contributed by atoms with Crippen LogP contribution in [0.15, 0.2) is 18.2 Å². The Hall–Kier alpha value is -1.79. The van der Waals surface area contributed by atoms with Crippen molar-refractivity contribution in [2.24, 2.45) is 5.73 Å². The molecule has 20 heavy (non-hydrogen) atoms. The highest BCUT2D eigenvalue weighted by atomic mass is 35.5. The molecule has 0 fully saturated rings. The van der Waals surface area contributed by atoms with Crippen molar-refractivity contribution in [2.45, 2.75) is 27.2 Å². The van der Waals surface area contributed by atoms with Crippen LogP contribution in [0, 0.1) is 19.3 Å². The Kier molecular flexibility index (Phi) is 7.64. The molecule has 0 spiro atoms. The second-order valence-electron chi connectivity index (χ2n) is 4.22. The number of nitrogens with two attached hydrogens (primary N) is 1. The van der Waals surface area contributed by atoms with Crippen molar-refractivity contribution in [3.05, 3.63) is 29.3 Å². The Morgan fingerprint density at radius 1 is 1.40 bits per heavy atom. The molecule has 2 amide bonds. The third kappa shape index (κ3) is 4.40. The number of para-hydroxylation sites is 1. The van der Waals surface area contributed by atoms with E-state index < -0.39 is 6.03 Å². The first-order valence-corrected chi connectivity index (χ1v) is 6.11. The summed E-state index contributed by atoms with van der Waals surface area (Å²) >= 11 is 0. The van der Waals surface area contributed by atoms with Gasteiger partial charge in [-0.3, -0.25) is 10.2 Å². The maximum atomic E-state index is 12.0. The highest BCUT2D eigenvalue weighted by Gasteiger charge is 2.22. The molecule has 0 aromatic heterocycles. The largest absolute Gasteiger partial charge is 0.369 e. The van der Waals surface area contributed by atoms with Gasteiger partial charge in [-0.05, 0) is 31.4 Å². The molecular formula is C13H21ClN4O2. The van der Waals surface area contributed by atoms with Gasteiger partial charge in [0.1, 0.15) is 0 Å². The monoisotopic (exact) mass is 300 g/mol. The maximum absolute atomic E-state index is 12.0. The first-order valence-electron chi connectivity index (χ1n) is 6.11. The maximum Gasteiger partial charge on any atom is 0.352 e. The Balaban J connectivity index is 0.00000361. The molecule has 6 nitrogen and oxygen atoms in total. The number of anilines is 1. The summed E-state index contributed by atoms with van der Waals surface area (Å²) in [5.74, 6) is -0.352. The first kappa shape index (κ1) is 18.2. The molecule has 0 heterocycles. The van der Waals surface area contributed by atoms with Gasteiger partial charge in [0.15, 0.2) is 0 Å². The fraction of sp³-hybridized carbons (Fsp3) is 0.385. The summed E-state index contributed by atoms with van der Waals surface area (Å²) in [4.78, 5) is 18.1. The lowest BCUT2D eigenvalue weighted by Crippen LogP contribution is -2.47. The topological polar surface area (TPSA) is 91.4 Å². The number of hydrogen-bond acceptors (Lipinski definition) is 3. The third-order valence-corrected chi connectivity index (χ3v) is 2.57. The van der Waals surface area contributed by atoms with Gasteiger partial charge >= 0.3 is 6.03 Å². The molecule has 0 atom stereocenters. The second kappa shape index (κ2) is 8.39. The summed E-state index contributed by atoms with van der Waals surface area (Å²) in [6.45, 7) is 6.06. The van der Waals surface area contributed by atoms with E-state index in [-0.39, 0.29) is 18.4 Å². The molecule has 0 unspecified atom stereocenters. The summed E-state index contributed by atoms with van der Waals surface area (Å²) < 4.78 is 0. The zero-order valence-electron chi connectivity index (χ0n) is 11.9. The molecule has 0 saturated carbocycles. The molecule has 1 aromatic carbocycles. The van der Waals surface area contributed by atoms with Gasteiger partial charge in [0.05, 0.1) is 12.3 Å². The number of hydroxylamine groups is 1. The molecule has 0 radical (unpaired) electrons. The highest BCUT2D eigenvalue weighted by molar-refractivity contribution is 6.14. The van der Waals surface area contributed by atoms with E-state index in [9.17, 15) is 4.79 Å². The van der Waals surface area contributed by atoms with Crippen LogP contribution < -0.4 is 16.1 Å². The van der Waals surface area contributed by atoms with Gasteiger partial charge in [-0.1, -0.05) is 25.1 Å². The lowest BCUT2D eigenvalue weighted by Gasteiger charge is -2.24. The van der Waals surface area contributed by atoms with E-state index in [1.165, 1.54) is 0 Å². The van der Waals surface area contributed by atoms with Crippen molar-refractivity contribution in [1.82, 2.24) is 5.48 Å². The smallest absolute Gasteiger partial charge is 0.352 e. The zero-order valence-corrected chi connectivity index (χ0v) is 12.7. The number of benzene rings is 1. The number of carbonyl (C=O) groups is 1. The Morgan fingerprint density at radius 2 is 1.95 bits per heavy atom. The summed E-state index contributed by atoms with van der Waals surface area (Å²) in [6.07, 6.45) is 0.781. The van der Waals surface area contributed by atoms with Crippen molar-refractivity contribution in [3.63, 3.8) is 0 Å². The summed E-state index contributed by atoms with van der Waals surface area (Å²) in [5, 5.41) is 7.58. The van der Waals surface area contributed by atoms with E-state index in [1.807, 2.05) is 39.0 Å². The molecule has 0 saturated heterocycles. The van der Waals surface area contributed by atoms with Crippen molar-refractivity contribution in [3.8, 4) is 0 Å². The fourth-order valence-corrected chi connectivity index (χ4v) is 1.75. The minimum Gasteiger partial charge on any atom is -0.369 e. The van der Waals surface area contributed by atoms with Gasteiger partial charge in [-0.15, -0.1) is 12.4 Å². The second-order valence-corrected chi connectivity index (χ2v) is 4.22. The number of amides is 2. The number of hydrogen-bond donors (Lipinski definition) is 3. The molecule has 112 valence electrons. The Labute approximate surface area is 125 Å². The van der Waals surface area contributed by atoms with Crippen LogP contribution in [0.1, 0.15) is 24.5 Å². The van der Waals surface area contributed by atoms with Gasteiger partial charge in [0, 0.05) is 0 Å². The number of rotatable bonds is 4. The number of guanidine groups is 1. The first-order chi connectivity index (χ1) is 8.99. The molecule has 0 bridgehead atoms. The number of aryl methyl sites for hydroxylation is 2. The van der Waals surface area contributed by atoms with E-state index in [4.69, 9.17) is 16.0 Å². The molecule has 4 N–H and O–H groups in total. The lowest BCUT2D eigenvalue weighted by molar-refractivity contribution is 0.0650. The van der Waals surface area contributed by atoms with Crippen LogP contribution in [-0.4, -0.2) is 18.6 Å². The van der Waals surface area contributed by atoms with Crippen LogP contribution in [-0.2, 0) is 4.84 Å². The van der Waals surface area contributed by atoms with Crippen LogP contribution in [0.5, 0.6) is 0 Å². The fourth-order valence-electron chi connectivity index (χ4n) is 1.75. The molecular weight excluding hydrogens is 280 g/mol. The molecule has 0 aliphatic heterocycles. The summed E-state index contributed by atoms with van der Waals surface area (Å²) in [7, 11) is 0. The van der Waals surface area contributed by atoms with E-state index in [0.29, 0.717) is 12.3 Å². The van der Waals surface area contributed by atoms with Crippen LogP contribution in [0.25, 0.3) is 0 Å². The zero-order chi connectivity index (χ0) is 14.4. The standard InChI is InChI=1S/C13H20N4O2.ClH/c1-4-8-19-16-13(18)17(12(14)15)11-9(2)6-5-7-10(11)3;/h5-7H,4,8H2,1-3H3,(H3,14,15)(H,16,18);1H. The average molecular weight is 301 g/mol. The van der Waals surface area contributed by atoms with Crippen LogP contribution in [0.3, 0.4) is 0 Å². The van der Waals surface area contributed by atoms with Gasteiger partial charge < -0.3 is 5.73 Å². The molecule has 0 aliphatic rings. The van der Waals surface area contributed by atoms with Crippen molar-refractivity contribution in [1.29, 1.82) is 5.41 Å². The van der Waals surface area contributed by atoms with Crippen molar-refractivity contribution in [2.75, 3.05) is 11.5 Å². The van der Waals surface area contributed by atoms with Crippen LogP contribution in [0.4, 0.5) is 10.5 Å². The van der Waals surface area contributed by atoms with Crippen molar-refractivity contribution >= 4 is 30.1 Å². The lowest BCUT2D eigenvalue weighted by atomic mass is 10.1. The number of nitrogens with one attached hydrogen (secondary N) is 2. The number of halogens is 1. The quantitative estimate of drug-likeness (QED) is 0.345. The minimum atomic E-state index is -0.571. The van der Waals surface area contributed by atoms with Crippen molar-refractivity contribution < 1.29 is 9.63 Å². The number of urea groups is 1. The van der Waals surface area contributed by atoms with Gasteiger partial charge in [0.25, 0.3) is 0 Å². The molecule has 1 rings (SSSR count). The van der Waals surface area contributed by atoms with E-state index in [0.717, 1.165) is 22.4 Å². The van der Waals surface area contributed by atoms with Gasteiger partial charge in [-0.2, -0.15) is 0 Å². The Bertz CT molecular complexity index is 459.